The molecule has 2 atom stereocenters. The van der Waals surface area contributed by atoms with Crippen LogP contribution in [0, 0.1) is 5.41 Å². The largest absolute Gasteiger partial charge is 0.384 e. The number of nitrogens with one attached hydrogen (secondary N) is 2. The van der Waals surface area contributed by atoms with Gasteiger partial charge in [0.2, 0.25) is 0 Å². The predicted molar refractivity (Wildman–Crippen MR) is 106 cm³/mol. The average molecular weight is 360 g/mol. The summed E-state index contributed by atoms with van der Waals surface area (Å²) in [4.78, 5) is 17.3. The van der Waals surface area contributed by atoms with Crippen LogP contribution in [0.15, 0.2) is 59.9 Å². The quantitative estimate of drug-likeness (QED) is 0.782. The van der Waals surface area contributed by atoms with Crippen LogP contribution in [0.25, 0.3) is 0 Å². The number of fused-ring (bicyclic) bond motifs is 2. The van der Waals surface area contributed by atoms with Crippen LogP contribution in [-0.4, -0.2) is 16.3 Å². The summed E-state index contributed by atoms with van der Waals surface area (Å²) in [6, 6.07) is 14.1. The smallest absolute Gasteiger partial charge is 0.163 e. The van der Waals surface area contributed by atoms with Crippen molar-refractivity contribution in [3.05, 3.63) is 65.5 Å². The van der Waals surface area contributed by atoms with E-state index in [2.05, 4.69) is 41.6 Å². The lowest BCUT2D eigenvalue weighted by molar-refractivity contribution is -0.118. The minimum absolute atomic E-state index is 0.0217. The second kappa shape index (κ2) is 5.12. The molecule has 27 heavy (non-hydrogen) atoms. The van der Waals surface area contributed by atoms with E-state index in [-0.39, 0.29) is 16.7 Å². The fraction of sp³-hybridized carbons (Fsp3) is 0.364. The summed E-state index contributed by atoms with van der Waals surface area (Å²) in [5.74, 6) is 0.749. The zero-order valence-electron chi connectivity index (χ0n) is 15.7. The van der Waals surface area contributed by atoms with Crippen molar-refractivity contribution in [3.8, 4) is 0 Å². The first kappa shape index (κ1) is 16.4. The van der Waals surface area contributed by atoms with Crippen LogP contribution in [0.1, 0.15) is 38.7 Å². The first-order valence-corrected chi connectivity index (χ1v) is 9.46. The van der Waals surface area contributed by atoms with Gasteiger partial charge in [0.15, 0.2) is 5.78 Å². The number of Topliss-reactive ketones (excluding diaryl/α,β-unsaturated/α-hetero) is 1. The monoisotopic (exact) mass is 360 g/mol. The second-order valence-corrected chi connectivity index (χ2v) is 8.87. The summed E-state index contributed by atoms with van der Waals surface area (Å²) in [6.45, 7) is 4.32. The van der Waals surface area contributed by atoms with Crippen molar-refractivity contribution in [3.63, 3.8) is 0 Å². The van der Waals surface area contributed by atoms with Gasteiger partial charge in [-0.2, -0.15) is 0 Å². The van der Waals surface area contributed by atoms with Crippen molar-refractivity contribution < 1.29 is 4.79 Å². The Hall–Kier alpha value is -2.82. The molecule has 0 saturated heterocycles. The molecule has 138 valence electrons. The number of benzene rings is 1. The molecule has 2 unspecified atom stereocenters. The third-order valence-electron chi connectivity index (χ3n) is 6.21. The van der Waals surface area contributed by atoms with E-state index < -0.39 is 5.54 Å². The van der Waals surface area contributed by atoms with Crippen LogP contribution in [0.3, 0.4) is 0 Å². The van der Waals surface area contributed by atoms with Crippen molar-refractivity contribution in [1.29, 1.82) is 0 Å². The van der Waals surface area contributed by atoms with E-state index in [0.717, 1.165) is 35.4 Å². The normalized spacial score (nSPS) is 30.4. The molecule has 0 amide bonds. The molecule has 0 spiro atoms. The third kappa shape index (κ3) is 2.24. The van der Waals surface area contributed by atoms with Crippen molar-refractivity contribution in [2.75, 3.05) is 11.1 Å². The van der Waals surface area contributed by atoms with Gasteiger partial charge in [0.1, 0.15) is 5.82 Å². The molecule has 0 radical (unpaired) electrons. The third-order valence-corrected chi connectivity index (χ3v) is 6.21. The van der Waals surface area contributed by atoms with E-state index in [1.165, 1.54) is 0 Å². The fourth-order valence-electron chi connectivity index (χ4n) is 5.10. The van der Waals surface area contributed by atoms with Crippen LogP contribution >= 0.6 is 0 Å². The van der Waals surface area contributed by atoms with Gasteiger partial charge < -0.3 is 16.4 Å². The number of carbonyl (C=O) groups is 1. The molecule has 1 fully saturated rings. The molecule has 5 nitrogen and oxygen atoms in total. The minimum atomic E-state index is -0.426. The Morgan fingerprint density at radius 2 is 1.93 bits per heavy atom. The number of hydrogen-bond acceptors (Lipinski definition) is 5. The van der Waals surface area contributed by atoms with Crippen LogP contribution in [0.5, 0.6) is 0 Å². The van der Waals surface area contributed by atoms with E-state index in [9.17, 15) is 4.79 Å². The molecular formula is C22H24N4O. The van der Waals surface area contributed by atoms with E-state index in [0.29, 0.717) is 12.2 Å². The lowest BCUT2D eigenvalue weighted by Gasteiger charge is -2.32. The molecule has 0 bridgehead atoms. The van der Waals surface area contributed by atoms with Crippen molar-refractivity contribution in [1.82, 2.24) is 10.3 Å². The highest BCUT2D eigenvalue weighted by Crippen LogP contribution is 2.67. The number of nitrogens with two attached hydrogens (primary N) is 1. The lowest BCUT2D eigenvalue weighted by atomic mass is 9.74. The molecule has 1 saturated carbocycles. The van der Waals surface area contributed by atoms with Crippen molar-refractivity contribution >= 4 is 17.3 Å². The molecule has 3 aliphatic rings. The number of nitrogen functional groups attached to an aromatic ring is 1. The number of rotatable bonds is 3. The van der Waals surface area contributed by atoms with Gasteiger partial charge in [-0.15, -0.1) is 0 Å². The number of para-hydroxylation sites is 1. The molecule has 2 aliphatic carbocycles. The first-order chi connectivity index (χ1) is 12.9. The first-order valence-electron chi connectivity index (χ1n) is 9.46. The van der Waals surface area contributed by atoms with E-state index in [1.54, 1.807) is 6.20 Å². The summed E-state index contributed by atoms with van der Waals surface area (Å²) in [6.07, 6.45) is 4.04. The SMILES string of the molecule is CC1(C)CC(=O)C2=C(C1)NC1(c3ccnc(N)c3)CC21Nc1ccccc1. The Morgan fingerprint density at radius 1 is 1.15 bits per heavy atom. The molecule has 5 rings (SSSR count). The topological polar surface area (TPSA) is 80.0 Å². The number of allylic oxidation sites excluding steroid dienone is 1. The Kier molecular flexibility index (Phi) is 3.10. The summed E-state index contributed by atoms with van der Waals surface area (Å²) >= 11 is 0. The van der Waals surface area contributed by atoms with Gasteiger partial charge in [-0.05, 0) is 41.7 Å². The number of aromatic nitrogens is 1. The van der Waals surface area contributed by atoms with Crippen LogP contribution < -0.4 is 16.4 Å². The summed E-state index contributed by atoms with van der Waals surface area (Å²) in [5.41, 5.74) is 9.30. The highest BCUT2D eigenvalue weighted by Gasteiger charge is 2.76. The number of carbonyl (C=O) groups excluding carboxylic acids is 1. The van der Waals surface area contributed by atoms with Crippen LogP contribution in [0.2, 0.25) is 0 Å². The van der Waals surface area contributed by atoms with Gasteiger partial charge in [0, 0.05) is 36.0 Å². The number of pyridine rings is 1. The maximum Gasteiger partial charge on any atom is 0.163 e. The van der Waals surface area contributed by atoms with Gasteiger partial charge in [0.05, 0.1) is 11.1 Å². The van der Waals surface area contributed by atoms with Crippen LogP contribution in [0.4, 0.5) is 11.5 Å². The zero-order valence-corrected chi connectivity index (χ0v) is 15.7. The molecule has 1 aromatic carbocycles. The Morgan fingerprint density at radius 3 is 2.67 bits per heavy atom. The molecule has 1 aromatic heterocycles. The number of anilines is 2. The standard InChI is InChI=1S/C22H24N4O/c1-20(2)11-16-19(17(27)12-20)22(25-15-6-4-3-5-7-15)13-21(22,26-16)14-8-9-24-18(23)10-14/h3-10,25-26H,11-13H2,1-2H3,(H2,23,24). The van der Waals surface area contributed by atoms with Gasteiger partial charge in [0.25, 0.3) is 0 Å². The highest BCUT2D eigenvalue weighted by atomic mass is 16.1. The van der Waals surface area contributed by atoms with Crippen molar-refractivity contribution in [2.45, 2.75) is 44.2 Å². The second-order valence-electron chi connectivity index (χ2n) is 8.87. The number of hydrogen-bond donors (Lipinski definition) is 3. The van der Waals surface area contributed by atoms with E-state index >= 15 is 0 Å². The molecule has 2 heterocycles. The Balaban J connectivity index is 1.64. The molecule has 5 heteroatoms. The van der Waals surface area contributed by atoms with Gasteiger partial charge in [-0.3, -0.25) is 4.79 Å². The maximum atomic E-state index is 13.2. The van der Waals surface area contributed by atoms with E-state index in [4.69, 9.17) is 5.73 Å². The summed E-state index contributed by atoms with van der Waals surface area (Å²) in [5, 5.41) is 7.45. The number of ketones is 1. The zero-order chi connectivity index (χ0) is 18.9. The van der Waals surface area contributed by atoms with E-state index in [1.807, 2.05) is 30.3 Å². The predicted octanol–water partition coefficient (Wildman–Crippen LogP) is 3.36. The highest BCUT2D eigenvalue weighted by molar-refractivity contribution is 6.03. The summed E-state index contributed by atoms with van der Waals surface area (Å²) < 4.78 is 0. The molecular weight excluding hydrogens is 336 g/mol. The van der Waals surface area contributed by atoms with Gasteiger partial charge >= 0.3 is 0 Å². The van der Waals surface area contributed by atoms with Gasteiger partial charge in [-0.1, -0.05) is 32.0 Å². The molecule has 2 aromatic rings. The van der Waals surface area contributed by atoms with Gasteiger partial charge in [-0.25, -0.2) is 4.98 Å². The van der Waals surface area contributed by atoms with Crippen LogP contribution in [-0.2, 0) is 10.3 Å². The maximum absolute atomic E-state index is 13.2. The summed E-state index contributed by atoms with van der Waals surface area (Å²) in [7, 11) is 0. The minimum Gasteiger partial charge on any atom is -0.384 e. The fourth-order valence-corrected chi connectivity index (χ4v) is 5.10. The Labute approximate surface area is 159 Å². The average Bonchev–Trinajstić information content (AvgIpc) is 3.13. The molecule has 1 aliphatic heterocycles. The Bertz CT molecular complexity index is 981. The molecule has 4 N–H and O–H groups in total. The van der Waals surface area contributed by atoms with Crippen molar-refractivity contribution in [2.24, 2.45) is 5.41 Å². The number of nitrogens with zero attached hydrogens (tertiary/aromatic N) is 1. The lowest BCUT2D eigenvalue weighted by Crippen LogP contribution is -2.37.